The standard InChI is InChI=1S/C18H14O3/c1-2-18(20)21-16-11-8-14(9-12-16)10-13-17(19)15-6-4-3-5-7-15/h2-13H,1H2/b13-10+. The molecule has 3 heteroatoms. The Morgan fingerprint density at radius 1 is 0.952 bits per heavy atom. The normalized spacial score (nSPS) is 10.3. The Morgan fingerprint density at radius 2 is 1.62 bits per heavy atom. The minimum Gasteiger partial charge on any atom is -0.423 e. The predicted molar refractivity (Wildman–Crippen MR) is 82.1 cm³/mol. The van der Waals surface area contributed by atoms with Gasteiger partial charge in [-0.2, -0.15) is 0 Å². The van der Waals surface area contributed by atoms with Crippen molar-refractivity contribution in [2.45, 2.75) is 0 Å². The molecule has 0 amide bonds. The van der Waals surface area contributed by atoms with Crippen molar-refractivity contribution in [3.63, 3.8) is 0 Å². The van der Waals surface area contributed by atoms with Crippen molar-refractivity contribution in [2.75, 3.05) is 0 Å². The maximum Gasteiger partial charge on any atom is 0.335 e. The number of carbonyl (C=O) groups excluding carboxylic acids is 2. The van der Waals surface area contributed by atoms with Gasteiger partial charge in [-0.3, -0.25) is 4.79 Å². The van der Waals surface area contributed by atoms with Crippen LogP contribution in [0.1, 0.15) is 15.9 Å². The number of carbonyl (C=O) groups is 2. The van der Waals surface area contributed by atoms with Crippen molar-refractivity contribution in [2.24, 2.45) is 0 Å². The molecule has 0 aliphatic carbocycles. The molecule has 3 nitrogen and oxygen atoms in total. The molecular weight excluding hydrogens is 264 g/mol. The molecule has 0 fully saturated rings. The molecule has 0 saturated carbocycles. The number of benzene rings is 2. The van der Waals surface area contributed by atoms with Crippen molar-refractivity contribution in [3.05, 3.63) is 84.5 Å². The molecule has 0 heterocycles. The monoisotopic (exact) mass is 278 g/mol. The van der Waals surface area contributed by atoms with Gasteiger partial charge in [0.1, 0.15) is 5.75 Å². The molecule has 0 bridgehead atoms. The van der Waals surface area contributed by atoms with E-state index in [-0.39, 0.29) is 5.78 Å². The van der Waals surface area contributed by atoms with Gasteiger partial charge in [0.05, 0.1) is 0 Å². The summed E-state index contributed by atoms with van der Waals surface area (Å²) in [5, 5.41) is 0. The van der Waals surface area contributed by atoms with E-state index in [0.29, 0.717) is 11.3 Å². The van der Waals surface area contributed by atoms with Crippen LogP contribution in [0.5, 0.6) is 5.75 Å². The van der Waals surface area contributed by atoms with Crippen LogP contribution in [0.3, 0.4) is 0 Å². The van der Waals surface area contributed by atoms with Crippen LogP contribution >= 0.6 is 0 Å². The summed E-state index contributed by atoms with van der Waals surface area (Å²) in [5.74, 6) is -0.123. The number of rotatable bonds is 5. The summed E-state index contributed by atoms with van der Waals surface area (Å²) in [7, 11) is 0. The number of hydrogen-bond donors (Lipinski definition) is 0. The van der Waals surface area contributed by atoms with Crippen LogP contribution in [-0.2, 0) is 4.79 Å². The first-order valence-electron chi connectivity index (χ1n) is 6.41. The number of esters is 1. The summed E-state index contributed by atoms with van der Waals surface area (Å²) in [4.78, 5) is 22.9. The fourth-order valence-electron chi connectivity index (χ4n) is 1.68. The third-order valence-electron chi connectivity index (χ3n) is 2.75. The van der Waals surface area contributed by atoms with Gasteiger partial charge in [-0.15, -0.1) is 0 Å². The number of ether oxygens (including phenoxy) is 1. The molecular formula is C18H14O3. The zero-order chi connectivity index (χ0) is 15.1. The number of hydrogen-bond acceptors (Lipinski definition) is 3. The maximum absolute atomic E-state index is 11.9. The fourth-order valence-corrected chi connectivity index (χ4v) is 1.68. The summed E-state index contributed by atoms with van der Waals surface area (Å²) in [6.07, 6.45) is 4.33. The topological polar surface area (TPSA) is 43.4 Å². The number of allylic oxidation sites excluding steroid dienone is 1. The van der Waals surface area contributed by atoms with Crippen LogP contribution < -0.4 is 4.74 Å². The van der Waals surface area contributed by atoms with Crippen LogP contribution in [0.25, 0.3) is 6.08 Å². The SMILES string of the molecule is C=CC(=O)Oc1ccc(/C=C/C(=O)c2ccccc2)cc1. The quantitative estimate of drug-likeness (QED) is 0.363. The molecule has 2 rings (SSSR count). The second-order valence-electron chi connectivity index (χ2n) is 4.26. The zero-order valence-electron chi connectivity index (χ0n) is 11.4. The molecule has 21 heavy (non-hydrogen) atoms. The van der Waals surface area contributed by atoms with Crippen molar-refractivity contribution in [1.29, 1.82) is 0 Å². The minimum atomic E-state index is -0.502. The van der Waals surface area contributed by atoms with E-state index in [1.165, 1.54) is 6.08 Å². The lowest BCUT2D eigenvalue weighted by Crippen LogP contribution is -2.02. The average molecular weight is 278 g/mol. The van der Waals surface area contributed by atoms with Crippen LogP contribution in [-0.4, -0.2) is 11.8 Å². The van der Waals surface area contributed by atoms with E-state index in [1.807, 2.05) is 18.2 Å². The molecule has 2 aromatic carbocycles. The highest BCUT2D eigenvalue weighted by molar-refractivity contribution is 6.06. The van der Waals surface area contributed by atoms with E-state index in [1.54, 1.807) is 42.5 Å². The highest BCUT2D eigenvalue weighted by Crippen LogP contribution is 2.14. The van der Waals surface area contributed by atoms with Crippen LogP contribution in [0.15, 0.2) is 73.3 Å². The van der Waals surface area contributed by atoms with E-state index < -0.39 is 5.97 Å². The highest BCUT2D eigenvalue weighted by Gasteiger charge is 2.01. The molecule has 0 saturated heterocycles. The third kappa shape index (κ3) is 4.28. The van der Waals surface area contributed by atoms with Crippen LogP contribution in [0.4, 0.5) is 0 Å². The Hall–Kier alpha value is -2.94. The second kappa shape index (κ2) is 7.01. The molecule has 2 aromatic rings. The third-order valence-corrected chi connectivity index (χ3v) is 2.75. The largest absolute Gasteiger partial charge is 0.423 e. The summed E-state index contributed by atoms with van der Waals surface area (Å²) < 4.78 is 4.97. The van der Waals surface area contributed by atoms with E-state index in [0.717, 1.165) is 11.6 Å². The smallest absolute Gasteiger partial charge is 0.335 e. The average Bonchev–Trinajstić information content (AvgIpc) is 2.54. The Bertz CT molecular complexity index is 667. The van der Waals surface area contributed by atoms with Gasteiger partial charge < -0.3 is 4.74 Å². The first-order chi connectivity index (χ1) is 10.2. The molecule has 0 aliphatic heterocycles. The van der Waals surface area contributed by atoms with Crippen molar-refractivity contribution in [3.8, 4) is 5.75 Å². The fraction of sp³-hybridized carbons (Fsp3) is 0. The van der Waals surface area contributed by atoms with Gasteiger partial charge in [-0.25, -0.2) is 4.79 Å². The molecule has 0 aliphatic rings. The van der Waals surface area contributed by atoms with Crippen LogP contribution in [0, 0.1) is 0 Å². The van der Waals surface area contributed by atoms with Crippen LogP contribution in [0.2, 0.25) is 0 Å². The van der Waals surface area contributed by atoms with Gasteiger partial charge in [0.25, 0.3) is 0 Å². The van der Waals surface area contributed by atoms with E-state index in [2.05, 4.69) is 6.58 Å². The van der Waals surface area contributed by atoms with Gasteiger partial charge in [-0.05, 0) is 23.8 Å². The lowest BCUT2D eigenvalue weighted by Gasteiger charge is -2.01. The summed E-state index contributed by atoms with van der Waals surface area (Å²) in [6.45, 7) is 3.33. The molecule has 0 spiro atoms. The van der Waals surface area contributed by atoms with Gasteiger partial charge in [0.15, 0.2) is 5.78 Å². The van der Waals surface area contributed by atoms with Gasteiger partial charge in [0, 0.05) is 11.6 Å². The van der Waals surface area contributed by atoms with Gasteiger partial charge in [-0.1, -0.05) is 55.1 Å². The lowest BCUT2D eigenvalue weighted by molar-refractivity contribution is -0.128. The summed E-state index contributed by atoms with van der Waals surface area (Å²) in [6, 6.07) is 15.9. The predicted octanol–water partition coefficient (Wildman–Crippen LogP) is 3.67. The number of ketones is 1. The first kappa shape index (κ1) is 14.5. The molecule has 0 aromatic heterocycles. The maximum atomic E-state index is 11.9. The Kier molecular flexibility index (Phi) is 4.83. The zero-order valence-corrected chi connectivity index (χ0v) is 11.4. The molecule has 104 valence electrons. The summed E-state index contributed by atoms with van der Waals surface area (Å²) >= 11 is 0. The highest BCUT2D eigenvalue weighted by atomic mass is 16.5. The van der Waals surface area contributed by atoms with E-state index in [9.17, 15) is 9.59 Å². The van der Waals surface area contributed by atoms with Crippen molar-refractivity contribution in [1.82, 2.24) is 0 Å². The molecule has 0 unspecified atom stereocenters. The minimum absolute atomic E-state index is 0.0576. The van der Waals surface area contributed by atoms with E-state index in [4.69, 9.17) is 4.74 Å². The van der Waals surface area contributed by atoms with Crippen molar-refractivity contribution >= 4 is 17.8 Å². The molecule has 0 N–H and O–H groups in total. The van der Waals surface area contributed by atoms with E-state index >= 15 is 0 Å². The Labute approximate surface area is 123 Å². The Morgan fingerprint density at radius 3 is 2.24 bits per heavy atom. The lowest BCUT2D eigenvalue weighted by atomic mass is 10.1. The Balaban J connectivity index is 2.03. The molecule has 0 radical (unpaired) electrons. The first-order valence-corrected chi connectivity index (χ1v) is 6.41. The van der Waals surface area contributed by atoms with Gasteiger partial charge in [0.2, 0.25) is 0 Å². The second-order valence-corrected chi connectivity index (χ2v) is 4.26. The van der Waals surface area contributed by atoms with Crippen molar-refractivity contribution < 1.29 is 14.3 Å². The molecule has 0 atom stereocenters. The summed E-state index contributed by atoms with van der Waals surface area (Å²) in [5.41, 5.74) is 1.49. The van der Waals surface area contributed by atoms with Gasteiger partial charge >= 0.3 is 5.97 Å².